The number of amides is 3. The molecule has 3 rings (SSSR count). The van der Waals surface area contributed by atoms with Gasteiger partial charge in [-0.05, 0) is 44.7 Å². The van der Waals surface area contributed by atoms with Crippen LogP contribution in [-0.2, 0) is 4.79 Å². The van der Waals surface area contributed by atoms with Crippen molar-refractivity contribution in [2.45, 2.75) is 38.6 Å². The number of likely N-dealkylation sites (tertiary alicyclic amines) is 1. The second-order valence-corrected chi connectivity index (χ2v) is 6.16. The van der Waals surface area contributed by atoms with Gasteiger partial charge in [0, 0.05) is 24.8 Å². The van der Waals surface area contributed by atoms with Gasteiger partial charge in [-0.25, -0.2) is 9.78 Å². The lowest BCUT2D eigenvalue weighted by atomic mass is 9.97. The van der Waals surface area contributed by atoms with Gasteiger partial charge in [-0.15, -0.1) is 0 Å². The lowest BCUT2D eigenvalue weighted by Gasteiger charge is -2.32. The maximum Gasteiger partial charge on any atom is 0.317 e. The second kappa shape index (κ2) is 6.34. The van der Waals surface area contributed by atoms with Crippen molar-refractivity contribution in [2.75, 3.05) is 18.4 Å². The van der Waals surface area contributed by atoms with E-state index in [9.17, 15) is 9.59 Å². The van der Waals surface area contributed by atoms with Crippen LogP contribution in [0.25, 0.3) is 0 Å². The monoisotopic (exact) mass is 302 g/mol. The first-order chi connectivity index (χ1) is 10.6. The Kier molecular flexibility index (Phi) is 4.27. The molecule has 0 spiro atoms. The molecule has 0 radical (unpaired) electrons. The molecule has 2 fully saturated rings. The van der Waals surface area contributed by atoms with Crippen molar-refractivity contribution in [3.8, 4) is 0 Å². The van der Waals surface area contributed by atoms with Gasteiger partial charge in [0.2, 0.25) is 5.91 Å². The molecule has 1 aliphatic heterocycles. The molecule has 1 saturated heterocycles. The van der Waals surface area contributed by atoms with Crippen molar-refractivity contribution in [1.29, 1.82) is 0 Å². The summed E-state index contributed by atoms with van der Waals surface area (Å²) in [6, 6.07) is 5.85. The lowest BCUT2D eigenvalue weighted by molar-refractivity contribution is -0.121. The smallest absolute Gasteiger partial charge is 0.317 e. The van der Waals surface area contributed by atoms with Gasteiger partial charge < -0.3 is 15.5 Å². The molecule has 1 saturated carbocycles. The summed E-state index contributed by atoms with van der Waals surface area (Å²) in [6.45, 7) is 3.10. The van der Waals surface area contributed by atoms with Gasteiger partial charge in [0.15, 0.2) is 0 Å². The summed E-state index contributed by atoms with van der Waals surface area (Å²) >= 11 is 0. The summed E-state index contributed by atoms with van der Waals surface area (Å²) in [4.78, 5) is 30.5. The van der Waals surface area contributed by atoms with Crippen molar-refractivity contribution >= 4 is 17.8 Å². The summed E-state index contributed by atoms with van der Waals surface area (Å²) < 4.78 is 0. The largest absolute Gasteiger partial charge is 0.335 e. The van der Waals surface area contributed by atoms with Crippen molar-refractivity contribution in [3.05, 3.63) is 23.9 Å². The zero-order valence-electron chi connectivity index (χ0n) is 12.8. The zero-order chi connectivity index (χ0) is 15.5. The van der Waals surface area contributed by atoms with Crippen molar-refractivity contribution in [3.63, 3.8) is 0 Å². The van der Waals surface area contributed by atoms with Gasteiger partial charge in [0.25, 0.3) is 0 Å². The molecule has 22 heavy (non-hydrogen) atoms. The molecule has 6 nitrogen and oxygen atoms in total. The minimum absolute atomic E-state index is 0.0336. The normalized spacial score (nSPS) is 21.3. The van der Waals surface area contributed by atoms with E-state index in [4.69, 9.17) is 0 Å². The average Bonchev–Trinajstić information content (AvgIpc) is 3.31. The minimum Gasteiger partial charge on any atom is -0.335 e. The fourth-order valence-corrected chi connectivity index (χ4v) is 2.71. The molecule has 2 heterocycles. The summed E-state index contributed by atoms with van der Waals surface area (Å²) in [5.74, 6) is 0.354. The molecule has 0 aromatic carbocycles. The Bertz CT molecular complexity index is 571. The maximum atomic E-state index is 12.4. The molecular formula is C16H22N4O2. The van der Waals surface area contributed by atoms with Crippen molar-refractivity contribution < 1.29 is 9.59 Å². The molecule has 0 bridgehead atoms. The lowest BCUT2D eigenvalue weighted by Crippen LogP contribution is -2.48. The van der Waals surface area contributed by atoms with E-state index in [0.29, 0.717) is 18.4 Å². The molecule has 1 aromatic heterocycles. The molecule has 6 heteroatoms. The number of nitrogens with zero attached hydrogens (tertiary/aromatic N) is 2. The maximum absolute atomic E-state index is 12.4. The van der Waals surface area contributed by atoms with Crippen LogP contribution in [0.1, 0.15) is 31.4 Å². The SMILES string of the molecule is Cc1cccc(NC(=O)C2CCCN(C(=O)NC3CC3)C2)n1. The van der Waals surface area contributed by atoms with Gasteiger partial charge >= 0.3 is 6.03 Å². The van der Waals surface area contributed by atoms with Gasteiger partial charge in [-0.1, -0.05) is 6.07 Å². The van der Waals surface area contributed by atoms with E-state index >= 15 is 0 Å². The first-order valence-electron chi connectivity index (χ1n) is 7.92. The molecule has 1 aliphatic carbocycles. The minimum atomic E-state index is -0.166. The number of pyridine rings is 1. The van der Waals surface area contributed by atoms with Crippen LogP contribution in [0.4, 0.5) is 10.6 Å². The Labute approximate surface area is 130 Å². The highest BCUT2D eigenvalue weighted by Crippen LogP contribution is 2.22. The second-order valence-electron chi connectivity index (χ2n) is 6.16. The van der Waals surface area contributed by atoms with Crippen LogP contribution in [0.3, 0.4) is 0 Å². The Morgan fingerprint density at radius 3 is 2.82 bits per heavy atom. The highest BCUT2D eigenvalue weighted by Gasteiger charge is 2.31. The van der Waals surface area contributed by atoms with Crippen LogP contribution in [-0.4, -0.2) is 41.0 Å². The third-order valence-electron chi connectivity index (χ3n) is 4.12. The highest BCUT2D eigenvalue weighted by atomic mass is 16.2. The number of urea groups is 1. The Morgan fingerprint density at radius 2 is 2.09 bits per heavy atom. The fraction of sp³-hybridized carbons (Fsp3) is 0.562. The molecule has 1 atom stereocenters. The predicted molar refractivity (Wildman–Crippen MR) is 83.5 cm³/mol. The van der Waals surface area contributed by atoms with Crippen LogP contribution < -0.4 is 10.6 Å². The predicted octanol–water partition coefficient (Wildman–Crippen LogP) is 1.91. The van der Waals surface area contributed by atoms with Crippen LogP contribution in [0, 0.1) is 12.8 Å². The van der Waals surface area contributed by atoms with Gasteiger partial charge in [0.1, 0.15) is 5.82 Å². The number of rotatable bonds is 3. The number of anilines is 1. The Morgan fingerprint density at radius 1 is 1.27 bits per heavy atom. The molecule has 1 aromatic rings. The van der Waals surface area contributed by atoms with Crippen molar-refractivity contribution in [2.24, 2.45) is 5.92 Å². The topological polar surface area (TPSA) is 74.3 Å². The van der Waals surface area contributed by atoms with E-state index in [0.717, 1.165) is 37.9 Å². The van der Waals surface area contributed by atoms with Crippen LogP contribution in [0.2, 0.25) is 0 Å². The van der Waals surface area contributed by atoms with E-state index < -0.39 is 0 Å². The average molecular weight is 302 g/mol. The summed E-state index contributed by atoms with van der Waals surface area (Å²) in [5.41, 5.74) is 0.867. The van der Waals surface area contributed by atoms with E-state index in [-0.39, 0.29) is 17.9 Å². The number of nitrogens with one attached hydrogen (secondary N) is 2. The number of aryl methyl sites for hydroxylation is 1. The van der Waals surface area contributed by atoms with E-state index in [1.165, 1.54) is 0 Å². The molecular weight excluding hydrogens is 280 g/mol. The van der Waals surface area contributed by atoms with Gasteiger partial charge in [-0.2, -0.15) is 0 Å². The number of carbonyl (C=O) groups is 2. The van der Waals surface area contributed by atoms with E-state index in [1.54, 1.807) is 11.0 Å². The number of aromatic nitrogens is 1. The fourth-order valence-electron chi connectivity index (χ4n) is 2.71. The number of hydrogen-bond acceptors (Lipinski definition) is 3. The molecule has 1 unspecified atom stereocenters. The number of hydrogen-bond donors (Lipinski definition) is 2. The number of carbonyl (C=O) groups excluding carboxylic acids is 2. The van der Waals surface area contributed by atoms with E-state index in [2.05, 4.69) is 15.6 Å². The third kappa shape index (κ3) is 3.75. The zero-order valence-corrected chi connectivity index (χ0v) is 12.8. The number of piperidine rings is 1. The Hall–Kier alpha value is -2.11. The molecule has 3 amide bonds. The highest BCUT2D eigenvalue weighted by molar-refractivity contribution is 5.92. The summed E-state index contributed by atoms with van der Waals surface area (Å²) in [5, 5.41) is 5.84. The molecule has 118 valence electrons. The first kappa shape index (κ1) is 14.8. The van der Waals surface area contributed by atoms with Crippen LogP contribution in [0.15, 0.2) is 18.2 Å². The van der Waals surface area contributed by atoms with Crippen molar-refractivity contribution in [1.82, 2.24) is 15.2 Å². The summed E-state index contributed by atoms with van der Waals surface area (Å²) in [7, 11) is 0. The molecule has 2 N–H and O–H groups in total. The van der Waals surface area contributed by atoms with E-state index in [1.807, 2.05) is 19.1 Å². The first-order valence-corrected chi connectivity index (χ1v) is 7.92. The third-order valence-corrected chi connectivity index (χ3v) is 4.12. The Balaban J connectivity index is 1.56. The van der Waals surface area contributed by atoms with Crippen LogP contribution >= 0.6 is 0 Å². The van der Waals surface area contributed by atoms with Crippen LogP contribution in [0.5, 0.6) is 0 Å². The quantitative estimate of drug-likeness (QED) is 0.895. The van der Waals surface area contributed by atoms with Gasteiger partial charge in [-0.3, -0.25) is 4.79 Å². The van der Waals surface area contributed by atoms with Gasteiger partial charge in [0.05, 0.1) is 5.92 Å². The summed E-state index contributed by atoms with van der Waals surface area (Å²) in [6.07, 6.45) is 3.81. The molecule has 2 aliphatic rings. The standard InChI is InChI=1S/C16H22N4O2/c1-11-4-2-6-14(17-11)19-15(21)12-5-3-9-20(10-12)16(22)18-13-7-8-13/h2,4,6,12-13H,3,5,7-10H2,1H3,(H,18,22)(H,17,19,21).